The number of phenols is 2. The van der Waals surface area contributed by atoms with Gasteiger partial charge in [0.05, 0.1) is 24.6 Å². The zero-order valence-electron chi connectivity index (χ0n) is 19.8. The summed E-state index contributed by atoms with van der Waals surface area (Å²) < 4.78 is 6.43. The number of hydrogen-bond acceptors (Lipinski definition) is 4. The molecular weight excluding hydrogens is 508 g/mol. The van der Waals surface area contributed by atoms with E-state index in [1.807, 2.05) is 44.2 Å². The van der Waals surface area contributed by atoms with Crippen LogP contribution in [0.5, 0.6) is 17.2 Å². The summed E-state index contributed by atoms with van der Waals surface area (Å²) in [5, 5.41) is 20.5. The van der Waals surface area contributed by atoms with Gasteiger partial charge in [0, 0.05) is 33.5 Å². The quantitative estimate of drug-likeness (QED) is 0.337. The molecule has 2 amide bonds. The molecule has 3 aromatic rings. The first-order valence-electron chi connectivity index (χ1n) is 11.2. The predicted octanol–water partition coefficient (Wildman–Crippen LogP) is 6.89. The van der Waals surface area contributed by atoms with Gasteiger partial charge in [-0.1, -0.05) is 32.1 Å². The Kier molecular flexibility index (Phi) is 6.72. The Balaban J connectivity index is 1.94. The smallest absolute Gasteiger partial charge is 0.348 e. The Hall–Kier alpha value is -3.58. The Morgan fingerprint density at radius 2 is 1.83 bits per heavy atom. The van der Waals surface area contributed by atoms with Crippen molar-refractivity contribution in [2.24, 2.45) is 4.99 Å². The number of urea groups is 1. The van der Waals surface area contributed by atoms with Gasteiger partial charge in [-0.2, -0.15) is 4.99 Å². The molecule has 7 heteroatoms. The van der Waals surface area contributed by atoms with E-state index in [9.17, 15) is 15.0 Å². The lowest BCUT2D eigenvalue weighted by atomic mass is 9.81. The molecule has 3 aromatic carbocycles. The van der Waals surface area contributed by atoms with Crippen LogP contribution in [0.4, 0.5) is 10.5 Å². The van der Waals surface area contributed by atoms with Gasteiger partial charge in [-0.05, 0) is 64.0 Å². The average Bonchev–Trinajstić information content (AvgIpc) is 2.84. The summed E-state index contributed by atoms with van der Waals surface area (Å²) in [7, 11) is 1.54. The monoisotopic (exact) mass is 534 g/mol. The number of benzene rings is 3. The van der Waals surface area contributed by atoms with Crippen molar-refractivity contribution in [3.05, 3.63) is 94.5 Å². The van der Waals surface area contributed by atoms with Crippen LogP contribution in [0.2, 0.25) is 0 Å². The molecule has 0 aliphatic carbocycles. The number of phenolic OH excluding ortho intramolecular Hbond substituents is 2. The van der Waals surface area contributed by atoms with Crippen molar-refractivity contribution in [3.63, 3.8) is 0 Å². The summed E-state index contributed by atoms with van der Waals surface area (Å²) in [6.07, 6.45) is 2.17. The first-order chi connectivity index (χ1) is 16.7. The number of para-hydroxylation sites is 1. The van der Waals surface area contributed by atoms with Crippen molar-refractivity contribution < 1.29 is 19.7 Å². The second-order valence-corrected chi connectivity index (χ2v) is 9.82. The molecule has 1 atom stereocenters. The lowest BCUT2D eigenvalue weighted by Gasteiger charge is -2.36. The second kappa shape index (κ2) is 9.58. The zero-order chi connectivity index (χ0) is 25.3. The van der Waals surface area contributed by atoms with Crippen LogP contribution in [0.25, 0.3) is 0 Å². The fraction of sp³-hybridized carbons (Fsp3) is 0.214. The lowest BCUT2D eigenvalue weighted by Crippen LogP contribution is -2.39. The highest BCUT2D eigenvalue weighted by atomic mass is 79.9. The molecule has 0 radical (unpaired) electrons. The summed E-state index contributed by atoms with van der Waals surface area (Å²) in [6.45, 7) is 7.86. The van der Waals surface area contributed by atoms with Crippen molar-refractivity contribution in [2.45, 2.75) is 31.7 Å². The largest absolute Gasteiger partial charge is 0.508 e. The predicted molar refractivity (Wildman–Crippen MR) is 142 cm³/mol. The zero-order valence-corrected chi connectivity index (χ0v) is 21.4. The first kappa shape index (κ1) is 24.5. The minimum absolute atomic E-state index is 0.0949. The molecule has 6 nitrogen and oxygen atoms in total. The van der Waals surface area contributed by atoms with Crippen molar-refractivity contribution >= 4 is 33.4 Å². The van der Waals surface area contributed by atoms with Crippen LogP contribution in [-0.4, -0.2) is 29.1 Å². The number of aliphatic imine (C=N–C) groups is 1. The molecule has 0 spiro atoms. The molecule has 0 bridgehead atoms. The number of amides is 2. The van der Waals surface area contributed by atoms with Gasteiger partial charge >= 0.3 is 6.03 Å². The number of halogens is 1. The summed E-state index contributed by atoms with van der Waals surface area (Å²) in [5.74, 6) is 0.699. The van der Waals surface area contributed by atoms with E-state index in [0.29, 0.717) is 29.1 Å². The fourth-order valence-electron chi connectivity index (χ4n) is 4.28. The molecular formula is C28H27BrN2O4. The maximum Gasteiger partial charge on any atom is 0.348 e. The molecule has 1 heterocycles. The van der Waals surface area contributed by atoms with Gasteiger partial charge in [0.2, 0.25) is 0 Å². The van der Waals surface area contributed by atoms with Gasteiger partial charge in [0.1, 0.15) is 17.2 Å². The molecule has 0 fully saturated rings. The maximum atomic E-state index is 13.5. The van der Waals surface area contributed by atoms with Crippen molar-refractivity contribution in [2.75, 3.05) is 12.0 Å². The molecule has 35 heavy (non-hydrogen) atoms. The van der Waals surface area contributed by atoms with Crippen LogP contribution >= 0.6 is 15.9 Å². The Morgan fingerprint density at radius 3 is 2.46 bits per heavy atom. The SMILES string of the molecule is C=CC(C)(C)c1cc(C2CC(c3ccc(O)cc3)=NC(=O)N2c2ccccc2Br)c(OC)cc1O. The van der Waals surface area contributed by atoms with Gasteiger partial charge in [0.25, 0.3) is 0 Å². The number of methoxy groups -OCH3 is 1. The summed E-state index contributed by atoms with van der Waals surface area (Å²) in [5.41, 5.74) is 2.92. The molecule has 4 rings (SSSR count). The van der Waals surface area contributed by atoms with Crippen molar-refractivity contribution in [1.29, 1.82) is 0 Å². The standard InChI is InChI=1S/C28H27BrN2O4/c1-5-28(2,3)20-14-19(26(35-4)16-25(20)33)24-15-22(17-10-12-18(32)13-11-17)30-27(34)31(24)23-9-7-6-8-21(23)29/h5-14,16,24,32-33H,1,15H2,2-4H3. The van der Waals surface area contributed by atoms with E-state index in [1.165, 1.54) is 0 Å². The normalized spacial score (nSPS) is 16.1. The minimum atomic E-state index is -0.518. The molecule has 180 valence electrons. The Morgan fingerprint density at radius 1 is 1.14 bits per heavy atom. The third-order valence-corrected chi connectivity index (χ3v) is 7.03. The van der Waals surface area contributed by atoms with E-state index in [4.69, 9.17) is 4.74 Å². The highest BCUT2D eigenvalue weighted by molar-refractivity contribution is 9.10. The van der Waals surface area contributed by atoms with E-state index in [2.05, 4.69) is 27.5 Å². The van der Waals surface area contributed by atoms with E-state index in [1.54, 1.807) is 48.4 Å². The number of nitrogens with zero attached hydrogens (tertiary/aromatic N) is 2. The average molecular weight is 535 g/mol. The van der Waals surface area contributed by atoms with E-state index < -0.39 is 17.5 Å². The first-order valence-corrected chi connectivity index (χ1v) is 11.9. The van der Waals surface area contributed by atoms with Crippen molar-refractivity contribution in [1.82, 2.24) is 0 Å². The van der Waals surface area contributed by atoms with Crippen LogP contribution in [0.15, 0.2) is 82.8 Å². The Labute approximate surface area is 213 Å². The third-order valence-electron chi connectivity index (χ3n) is 6.36. The molecule has 2 N–H and O–H groups in total. The number of ether oxygens (including phenoxy) is 1. The third kappa shape index (κ3) is 4.68. The number of hydrogen-bond donors (Lipinski definition) is 2. The van der Waals surface area contributed by atoms with Crippen LogP contribution in [-0.2, 0) is 5.41 Å². The maximum absolute atomic E-state index is 13.5. The number of rotatable bonds is 6. The van der Waals surface area contributed by atoms with Crippen LogP contribution in [0.3, 0.4) is 0 Å². The highest BCUT2D eigenvalue weighted by Crippen LogP contribution is 2.45. The molecule has 0 saturated heterocycles. The minimum Gasteiger partial charge on any atom is -0.508 e. The molecule has 0 saturated carbocycles. The highest BCUT2D eigenvalue weighted by Gasteiger charge is 2.37. The summed E-state index contributed by atoms with van der Waals surface area (Å²) >= 11 is 3.58. The number of allylic oxidation sites excluding steroid dienone is 1. The molecule has 0 aromatic heterocycles. The van der Waals surface area contributed by atoms with Gasteiger partial charge in [0.15, 0.2) is 0 Å². The van der Waals surface area contributed by atoms with Gasteiger partial charge in [-0.15, -0.1) is 6.58 Å². The fourth-order valence-corrected chi connectivity index (χ4v) is 4.75. The van der Waals surface area contributed by atoms with E-state index >= 15 is 0 Å². The number of aromatic hydroxyl groups is 2. The lowest BCUT2D eigenvalue weighted by molar-refractivity contribution is 0.250. The molecule has 1 aliphatic heterocycles. The number of anilines is 1. The number of carbonyl (C=O) groups excluding carboxylic acids is 1. The van der Waals surface area contributed by atoms with E-state index in [0.717, 1.165) is 15.6 Å². The van der Waals surface area contributed by atoms with Crippen LogP contribution in [0.1, 0.15) is 43.0 Å². The van der Waals surface area contributed by atoms with E-state index in [-0.39, 0.29) is 11.5 Å². The van der Waals surface area contributed by atoms with Crippen molar-refractivity contribution in [3.8, 4) is 17.2 Å². The number of carbonyl (C=O) groups is 1. The molecule has 1 aliphatic rings. The van der Waals surface area contributed by atoms with Crippen LogP contribution in [0, 0.1) is 0 Å². The molecule has 1 unspecified atom stereocenters. The topological polar surface area (TPSA) is 82.4 Å². The Bertz CT molecular complexity index is 1320. The van der Waals surface area contributed by atoms with Crippen LogP contribution < -0.4 is 9.64 Å². The van der Waals surface area contributed by atoms with Gasteiger partial charge < -0.3 is 14.9 Å². The summed E-state index contributed by atoms with van der Waals surface area (Å²) in [6, 6.07) is 16.7. The van der Waals surface area contributed by atoms with Gasteiger partial charge in [-0.25, -0.2) is 4.79 Å². The van der Waals surface area contributed by atoms with Gasteiger partial charge in [-0.3, -0.25) is 4.90 Å². The second-order valence-electron chi connectivity index (χ2n) is 8.97. The summed E-state index contributed by atoms with van der Waals surface area (Å²) in [4.78, 5) is 19.6.